The summed E-state index contributed by atoms with van der Waals surface area (Å²) in [6.45, 7) is 7.53. The third-order valence-corrected chi connectivity index (χ3v) is 3.24. The highest BCUT2D eigenvalue weighted by atomic mass is 16.3. The van der Waals surface area contributed by atoms with E-state index >= 15 is 0 Å². The average molecular weight is 306 g/mol. The van der Waals surface area contributed by atoms with Gasteiger partial charge in [0.2, 0.25) is 5.91 Å². The maximum absolute atomic E-state index is 12.2. The van der Waals surface area contributed by atoms with E-state index in [9.17, 15) is 9.59 Å². The second-order valence-electron chi connectivity index (χ2n) is 6.53. The summed E-state index contributed by atoms with van der Waals surface area (Å²) in [6, 6.07) is 6.87. The summed E-state index contributed by atoms with van der Waals surface area (Å²) in [4.78, 5) is 24.1. The summed E-state index contributed by atoms with van der Waals surface area (Å²) in [5, 5.41) is 14.5. The van der Waals surface area contributed by atoms with Gasteiger partial charge in [-0.2, -0.15) is 0 Å². The topological polar surface area (TPSA) is 78.4 Å². The number of amides is 2. The number of anilines is 1. The number of carbonyl (C=O) groups excluding carboxylic acids is 2. The van der Waals surface area contributed by atoms with Crippen molar-refractivity contribution in [3.8, 4) is 0 Å². The van der Waals surface area contributed by atoms with E-state index in [4.69, 9.17) is 5.11 Å². The molecule has 1 aromatic carbocycles. The number of aliphatic hydroxyl groups is 1. The molecule has 0 heterocycles. The van der Waals surface area contributed by atoms with Crippen molar-refractivity contribution in [3.05, 3.63) is 29.8 Å². The molecule has 0 bridgehead atoms. The SMILES string of the molecule is CC(CCCO)NC(=O)c1cccc(NC(=O)C(C)(C)C)c1. The van der Waals surface area contributed by atoms with Gasteiger partial charge in [-0.25, -0.2) is 0 Å². The molecule has 0 saturated carbocycles. The number of hydrogen-bond acceptors (Lipinski definition) is 3. The Morgan fingerprint density at radius 2 is 1.95 bits per heavy atom. The van der Waals surface area contributed by atoms with Crippen molar-refractivity contribution in [1.82, 2.24) is 5.32 Å². The molecule has 2 amide bonds. The first-order valence-electron chi connectivity index (χ1n) is 7.57. The highest BCUT2D eigenvalue weighted by Crippen LogP contribution is 2.18. The van der Waals surface area contributed by atoms with E-state index in [1.807, 2.05) is 27.7 Å². The highest BCUT2D eigenvalue weighted by Gasteiger charge is 2.21. The minimum Gasteiger partial charge on any atom is -0.396 e. The zero-order chi connectivity index (χ0) is 16.8. The van der Waals surface area contributed by atoms with Crippen molar-refractivity contribution in [1.29, 1.82) is 0 Å². The van der Waals surface area contributed by atoms with Crippen LogP contribution in [0.5, 0.6) is 0 Å². The molecule has 1 unspecified atom stereocenters. The minimum atomic E-state index is -0.489. The predicted octanol–water partition coefficient (Wildman–Crippen LogP) is 2.56. The normalized spacial score (nSPS) is 12.6. The monoisotopic (exact) mass is 306 g/mol. The Morgan fingerprint density at radius 1 is 1.27 bits per heavy atom. The quantitative estimate of drug-likeness (QED) is 0.756. The first-order valence-corrected chi connectivity index (χ1v) is 7.57. The Kier molecular flexibility index (Phi) is 6.56. The number of hydrogen-bond donors (Lipinski definition) is 3. The van der Waals surface area contributed by atoms with Gasteiger partial charge in [0.15, 0.2) is 0 Å². The zero-order valence-electron chi connectivity index (χ0n) is 13.8. The number of carbonyl (C=O) groups is 2. The smallest absolute Gasteiger partial charge is 0.251 e. The van der Waals surface area contributed by atoms with Crippen LogP contribution in [0.2, 0.25) is 0 Å². The first kappa shape index (κ1) is 18.2. The Morgan fingerprint density at radius 3 is 2.55 bits per heavy atom. The van der Waals surface area contributed by atoms with Crippen LogP contribution >= 0.6 is 0 Å². The molecular weight excluding hydrogens is 280 g/mol. The van der Waals surface area contributed by atoms with Crippen molar-refractivity contribution >= 4 is 17.5 Å². The summed E-state index contributed by atoms with van der Waals surface area (Å²) < 4.78 is 0. The van der Waals surface area contributed by atoms with Crippen LogP contribution in [0.3, 0.4) is 0 Å². The highest BCUT2D eigenvalue weighted by molar-refractivity contribution is 5.98. The molecular formula is C17H26N2O3. The van der Waals surface area contributed by atoms with E-state index in [1.54, 1.807) is 24.3 Å². The number of nitrogens with one attached hydrogen (secondary N) is 2. The van der Waals surface area contributed by atoms with E-state index in [0.29, 0.717) is 17.7 Å². The molecule has 0 spiro atoms. The standard InChI is InChI=1S/C17H26N2O3/c1-12(7-6-10-20)18-15(21)13-8-5-9-14(11-13)19-16(22)17(2,3)4/h5,8-9,11-12,20H,6-7,10H2,1-4H3,(H,18,21)(H,19,22). The molecule has 5 heteroatoms. The van der Waals surface area contributed by atoms with Gasteiger partial charge in [0.1, 0.15) is 0 Å². The molecule has 3 N–H and O–H groups in total. The fourth-order valence-electron chi connectivity index (χ4n) is 1.83. The molecule has 1 atom stereocenters. The van der Waals surface area contributed by atoms with Gasteiger partial charge in [0.25, 0.3) is 5.91 Å². The van der Waals surface area contributed by atoms with Gasteiger partial charge in [-0.1, -0.05) is 26.8 Å². The molecule has 0 aromatic heterocycles. The van der Waals surface area contributed by atoms with E-state index < -0.39 is 5.41 Å². The van der Waals surface area contributed by atoms with E-state index in [2.05, 4.69) is 10.6 Å². The van der Waals surface area contributed by atoms with Gasteiger partial charge >= 0.3 is 0 Å². The van der Waals surface area contributed by atoms with Crippen molar-refractivity contribution in [2.45, 2.75) is 46.6 Å². The molecule has 122 valence electrons. The molecule has 5 nitrogen and oxygen atoms in total. The predicted molar refractivity (Wildman–Crippen MR) is 87.8 cm³/mol. The number of benzene rings is 1. The van der Waals surface area contributed by atoms with Gasteiger partial charge in [-0.3, -0.25) is 9.59 Å². The van der Waals surface area contributed by atoms with E-state index in [-0.39, 0.29) is 24.5 Å². The van der Waals surface area contributed by atoms with Crippen LogP contribution in [0.4, 0.5) is 5.69 Å². The van der Waals surface area contributed by atoms with Gasteiger partial charge in [0, 0.05) is 29.3 Å². The van der Waals surface area contributed by atoms with Crippen LogP contribution in [0.15, 0.2) is 24.3 Å². The average Bonchev–Trinajstić information content (AvgIpc) is 2.44. The van der Waals surface area contributed by atoms with Crippen molar-refractivity contribution in [2.24, 2.45) is 5.41 Å². The lowest BCUT2D eigenvalue weighted by atomic mass is 9.95. The number of aliphatic hydroxyl groups excluding tert-OH is 1. The Labute approximate surface area is 132 Å². The summed E-state index contributed by atoms with van der Waals surface area (Å²) in [6.07, 6.45) is 1.38. The Bertz CT molecular complexity index is 521. The fourth-order valence-corrected chi connectivity index (χ4v) is 1.83. The molecule has 0 saturated heterocycles. The molecule has 0 aliphatic rings. The van der Waals surface area contributed by atoms with E-state index in [1.165, 1.54) is 0 Å². The van der Waals surface area contributed by atoms with Crippen LogP contribution in [0.25, 0.3) is 0 Å². The van der Waals surface area contributed by atoms with Crippen molar-refractivity contribution < 1.29 is 14.7 Å². The van der Waals surface area contributed by atoms with Crippen LogP contribution in [0, 0.1) is 5.41 Å². The van der Waals surface area contributed by atoms with Gasteiger partial charge in [-0.15, -0.1) is 0 Å². The summed E-state index contributed by atoms with van der Waals surface area (Å²) in [5.41, 5.74) is 0.620. The Balaban J connectivity index is 2.71. The van der Waals surface area contributed by atoms with Crippen molar-refractivity contribution in [3.63, 3.8) is 0 Å². The number of rotatable bonds is 6. The fraction of sp³-hybridized carbons (Fsp3) is 0.529. The summed E-state index contributed by atoms with van der Waals surface area (Å²) >= 11 is 0. The minimum absolute atomic E-state index is 0.00697. The van der Waals surface area contributed by atoms with Gasteiger partial charge in [0.05, 0.1) is 0 Å². The third-order valence-electron chi connectivity index (χ3n) is 3.24. The maximum atomic E-state index is 12.2. The molecule has 0 radical (unpaired) electrons. The molecule has 22 heavy (non-hydrogen) atoms. The second kappa shape index (κ2) is 7.94. The molecule has 1 rings (SSSR count). The van der Waals surface area contributed by atoms with Crippen LogP contribution in [-0.2, 0) is 4.79 Å². The first-order chi connectivity index (χ1) is 10.2. The van der Waals surface area contributed by atoms with Crippen LogP contribution < -0.4 is 10.6 Å². The lowest BCUT2D eigenvalue weighted by Gasteiger charge is -2.18. The molecule has 0 aliphatic heterocycles. The Hall–Kier alpha value is -1.88. The van der Waals surface area contributed by atoms with E-state index in [0.717, 1.165) is 6.42 Å². The lowest BCUT2D eigenvalue weighted by Crippen LogP contribution is -2.32. The van der Waals surface area contributed by atoms with Gasteiger partial charge in [-0.05, 0) is 38.0 Å². The third kappa shape index (κ3) is 5.85. The maximum Gasteiger partial charge on any atom is 0.251 e. The largest absolute Gasteiger partial charge is 0.396 e. The lowest BCUT2D eigenvalue weighted by molar-refractivity contribution is -0.123. The summed E-state index contributed by atoms with van der Waals surface area (Å²) in [5.74, 6) is -0.279. The molecule has 0 aliphatic carbocycles. The summed E-state index contributed by atoms with van der Waals surface area (Å²) in [7, 11) is 0. The van der Waals surface area contributed by atoms with Crippen LogP contribution in [0.1, 0.15) is 50.9 Å². The second-order valence-corrected chi connectivity index (χ2v) is 6.53. The van der Waals surface area contributed by atoms with Crippen LogP contribution in [-0.4, -0.2) is 29.6 Å². The molecule has 0 fully saturated rings. The molecule has 1 aromatic rings. The zero-order valence-corrected chi connectivity index (χ0v) is 13.8. The van der Waals surface area contributed by atoms with Crippen molar-refractivity contribution in [2.75, 3.05) is 11.9 Å². The van der Waals surface area contributed by atoms with Gasteiger partial charge < -0.3 is 15.7 Å².